The molecule has 1 amide bonds. The molecule has 0 radical (unpaired) electrons. The lowest BCUT2D eigenvalue weighted by Crippen LogP contribution is -2.55. The number of hydrogen-bond donors (Lipinski definition) is 3. The van der Waals surface area contributed by atoms with Crippen molar-refractivity contribution in [3.8, 4) is 0 Å². The van der Waals surface area contributed by atoms with Crippen molar-refractivity contribution in [1.82, 2.24) is 20.9 Å². The molecule has 1 aromatic carbocycles. The Balaban J connectivity index is 1.79. The van der Waals surface area contributed by atoms with Crippen LogP contribution in [0.15, 0.2) is 35.3 Å². The lowest BCUT2D eigenvalue weighted by atomic mass is 9.98. The van der Waals surface area contributed by atoms with E-state index in [1.165, 1.54) is 5.56 Å². The first-order chi connectivity index (χ1) is 14.8. The van der Waals surface area contributed by atoms with E-state index in [2.05, 4.69) is 79.8 Å². The van der Waals surface area contributed by atoms with Crippen LogP contribution >= 0.6 is 0 Å². The zero-order valence-electron chi connectivity index (χ0n) is 20.4. The number of guanidine groups is 1. The molecule has 0 aliphatic carbocycles. The molecule has 1 saturated heterocycles. The van der Waals surface area contributed by atoms with Crippen LogP contribution in [-0.2, 0) is 4.79 Å². The third-order valence-corrected chi connectivity index (χ3v) is 6.31. The molecule has 1 aliphatic heterocycles. The van der Waals surface area contributed by atoms with Crippen molar-refractivity contribution in [1.29, 1.82) is 0 Å². The van der Waals surface area contributed by atoms with Gasteiger partial charge >= 0.3 is 0 Å². The second kappa shape index (κ2) is 12.1. The first-order valence-corrected chi connectivity index (χ1v) is 11.9. The summed E-state index contributed by atoms with van der Waals surface area (Å²) in [6.07, 6.45) is 3.77. The van der Waals surface area contributed by atoms with E-state index >= 15 is 0 Å². The maximum atomic E-state index is 12.6. The highest BCUT2D eigenvalue weighted by Gasteiger charge is 2.27. The van der Waals surface area contributed by atoms with Gasteiger partial charge in [-0.25, -0.2) is 0 Å². The van der Waals surface area contributed by atoms with Gasteiger partial charge in [0.1, 0.15) is 0 Å². The SMILES string of the molecule is CCC(CC)C(=O)N1CCC(NC(=NC)NCC(C)(C)NC(C)c2ccccc2)CC1. The van der Waals surface area contributed by atoms with Gasteiger partial charge in [0, 0.05) is 50.2 Å². The van der Waals surface area contributed by atoms with Crippen LogP contribution in [0.25, 0.3) is 0 Å². The van der Waals surface area contributed by atoms with Crippen molar-refractivity contribution < 1.29 is 4.79 Å². The van der Waals surface area contributed by atoms with Crippen molar-refractivity contribution in [2.75, 3.05) is 26.7 Å². The van der Waals surface area contributed by atoms with Gasteiger partial charge in [-0.05, 0) is 52.0 Å². The Hall–Kier alpha value is -2.08. The van der Waals surface area contributed by atoms with Crippen molar-refractivity contribution in [3.05, 3.63) is 35.9 Å². The molecule has 174 valence electrons. The molecule has 1 aliphatic rings. The Bertz CT molecular complexity index is 691. The Morgan fingerprint density at radius 1 is 1.16 bits per heavy atom. The van der Waals surface area contributed by atoms with Gasteiger partial charge in [0.05, 0.1) is 0 Å². The monoisotopic (exact) mass is 429 g/mol. The molecule has 0 saturated carbocycles. The van der Waals surface area contributed by atoms with Gasteiger partial charge in [-0.2, -0.15) is 0 Å². The highest BCUT2D eigenvalue weighted by molar-refractivity contribution is 5.80. The molecule has 6 heteroatoms. The zero-order valence-corrected chi connectivity index (χ0v) is 20.4. The zero-order chi connectivity index (χ0) is 22.9. The number of likely N-dealkylation sites (tertiary alicyclic amines) is 1. The van der Waals surface area contributed by atoms with Crippen molar-refractivity contribution in [2.24, 2.45) is 10.9 Å². The number of hydrogen-bond acceptors (Lipinski definition) is 3. The van der Waals surface area contributed by atoms with Crippen LogP contribution in [0.3, 0.4) is 0 Å². The topological polar surface area (TPSA) is 68.8 Å². The minimum atomic E-state index is -0.0992. The number of piperidine rings is 1. The Morgan fingerprint density at radius 2 is 1.77 bits per heavy atom. The summed E-state index contributed by atoms with van der Waals surface area (Å²) in [5.41, 5.74) is 1.19. The summed E-state index contributed by atoms with van der Waals surface area (Å²) >= 11 is 0. The second-order valence-corrected chi connectivity index (χ2v) is 9.34. The molecule has 0 aromatic heterocycles. The van der Waals surface area contributed by atoms with Gasteiger partial charge in [-0.3, -0.25) is 9.79 Å². The van der Waals surface area contributed by atoms with Crippen molar-refractivity contribution in [3.63, 3.8) is 0 Å². The molecular formula is C25H43N5O. The van der Waals surface area contributed by atoms with Crippen LogP contribution < -0.4 is 16.0 Å². The fourth-order valence-electron chi connectivity index (χ4n) is 4.30. The van der Waals surface area contributed by atoms with Crippen LogP contribution in [0.4, 0.5) is 0 Å². The largest absolute Gasteiger partial charge is 0.355 e. The quantitative estimate of drug-likeness (QED) is 0.413. The average Bonchev–Trinajstić information content (AvgIpc) is 2.78. The number of rotatable bonds is 9. The molecule has 1 aromatic rings. The molecule has 1 fully saturated rings. The summed E-state index contributed by atoms with van der Waals surface area (Å²) < 4.78 is 0. The van der Waals surface area contributed by atoms with E-state index in [0.717, 1.165) is 51.3 Å². The number of nitrogens with one attached hydrogen (secondary N) is 3. The third-order valence-electron chi connectivity index (χ3n) is 6.31. The predicted molar refractivity (Wildman–Crippen MR) is 130 cm³/mol. The van der Waals surface area contributed by atoms with Crippen molar-refractivity contribution in [2.45, 2.75) is 77.9 Å². The second-order valence-electron chi connectivity index (χ2n) is 9.34. The van der Waals surface area contributed by atoms with Crippen LogP contribution in [0.5, 0.6) is 0 Å². The number of amides is 1. The third kappa shape index (κ3) is 7.84. The molecule has 0 spiro atoms. The molecule has 31 heavy (non-hydrogen) atoms. The molecule has 2 rings (SSSR count). The van der Waals surface area contributed by atoms with Gasteiger partial charge in [0.2, 0.25) is 5.91 Å². The van der Waals surface area contributed by atoms with Gasteiger partial charge < -0.3 is 20.9 Å². The average molecular weight is 430 g/mol. The molecular weight excluding hydrogens is 386 g/mol. The lowest BCUT2D eigenvalue weighted by molar-refractivity contribution is -0.136. The van der Waals surface area contributed by atoms with E-state index in [1.807, 2.05) is 18.0 Å². The normalized spacial score (nSPS) is 17.0. The van der Waals surface area contributed by atoms with Crippen LogP contribution in [0.2, 0.25) is 0 Å². The molecule has 3 N–H and O–H groups in total. The number of carbonyl (C=O) groups is 1. The highest BCUT2D eigenvalue weighted by Crippen LogP contribution is 2.18. The van der Waals surface area contributed by atoms with Crippen LogP contribution in [0.1, 0.15) is 71.9 Å². The number of nitrogens with zero attached hydrogens (tertiary/aromatic N) is 2. The van der Waals surface area contributed by atoms with E-state index in [-0.39, 0.29) is 17.5 Å². The summed E-state index contributed by atoms with van der Waals surface area (Å²) in [5.74, 6) is 1.32. The number of benzene rings is 1. The van der Waals surface area contributed by atoms with E-state index in [4.69, 9.17) is 0 Å². The minimum Gasteiger partial charge on any atom is -0.355 e. The maximum Gasteiger partial charge on any atom is 0.225 e. The summed E-state index contributed by atoms with van der Waals surface area (Å²) in [7, 11) is 1.81. The summed E-state index contributed by atoms with van der Waals surface area (Å²) in [5, 5.41) is 10.7. The van der Waals surface area contributed by atoms with Gasteiger partial charge in [-0.15, -0.1) is 0 Å². The molecule has 1 heterocycles. The first kappa shape index (κ1) is 25.2. The molecule has 6 nitrogen and oxygen atoms in total. The Labute approximate surface area is 189 Å². The van der Waals surface area contributed by atoms with Gasteiger partial charge in [0.15, 0.2) is 5.96 Å². The molecule has 1 unspecified atom stereocenters. The van der Waals surface area contributed by atoms with Crippen LogP contribution in [0, 0.1) is 5.92 Å². The fraction of sp³-hybridized carbons (Fsp3) is 0.680. The number of aliphatic imine (C=N–C) groups is 1. The van der Waals surface area contributed by atoms with Gasteiger partial charge in [0.25, 0.3) is 0 Å². The Kier molecular flexibility index (Phi) is 9.82. The summed E-state index contributed by atoms with van der Waals surface area (Å²) in [6, 6.07) is 11.1. The fourth-order valence-corrected chi connectivity index (χ4v) is 4.30. The standard InChI is InChI=1S/C25H43N5O/c1-7-20(8-2)23(31)30-16-14-22(15-17-30)28-24(26-6)27-18-25(4,5)29-19(3)21-12-10-9-11-13-21/h9-13,19-20,22,29H,7-8,14-18H2,1-6H3,(H2,26,27,28). The summed E-state index contributed by atoms with van der Waals surface area (Å²) in [4.78, 5) is 19.1. The summed E-state index contributed by atoms with van der Waals surface area (Å²) in [6.45, 7) is 13.2. The smallest absolute Gasteiger partial charge is 0.225 e. The van der Waals surface area contributed by atoms with E-state index < -0.39 is 0 Å². The number of carbonyl (C=O) groups excluding carboxylic acids is 1. The first-order valence-electron chi connectivity index (χ1n) is 11.9. The Morgan fingerprint density at radius 3 is 2.32 bits per heavy atom. The lowest BCUT2D eigenvalue weighted by Gasteiger charge is -2.35. The molecule has 0 bridgehead atoms. The predicted octanol–water partition coefficient (Wildman–Crippen LogP) is 3.71. The van der Waals surface area contributed by atoms with E-state index in [9.17, 15) is 4.79 Å². The maximum absolute atomic E-state index is 12.6. The minimum absolute atomic E-state index is 0.0992. The molecule has 1 atom stereocenters. The van der Waals surface area contributed by atoms with Crippen LogP contribution in [-0.4, -0.2) is 55.0 Å². The van der Waals surface area contributed by atoms with Crippen molar-refractivity contribution >= 4 is 11.9 Å². The van der Waals surface area contributed by atoms with E-state index in [0.29, 0.717) is 11.9 Å². The highest BCUT2D eigenvalue weighted by atomic mass is 16.2. The van der Waals surface area contributed by atoms with E-state index in [1.54, 1.807) is 0 Å². The van der Waals surface area contributed by atoms with Gasteiger partial charge in [-0.1, -0.05) is 44.2 Å².